The van der Waals surface area contributed by atoms with E-state index in [1.54, 1.807) is 0 Å². The highest BCUT2D eigenvalue weighted by Gasteiger charge is 2.45. The van der Waals surface area contributed by atoms with Crippen molar-refractivity contribution >= 4 is 9.84 Å². The quantitative estimate of drug-likeness (QED) is 0.613. The Kier molecular flexibility index (Phi) is 1.92. The Bertz CT molecular complexity index is 251. The van der Waals surface area contributed by atoms with Gasteiger partial charge in [-0.1, -0.05) is 0 Å². The number of nitrogens with two attached hydrogens (primary N) is 1. The Morgan fingerprint density at radius 1 is 1.45 bits per heavy atom. The third kappa shape index (κ3) is 1.67. The minimum absolute atomic E-state index is 0.132. The van der Waals surface area contributed by atoms with Gasteiger partial charge in [0, 0.05) is 0 Å². The maximum absolute atomic E-state index is 12.1. The number of rotatable bonds is 1. The van der Waals surface area contributed by atoms with Gasteiger partial charge in [-0.25, -0.2) is 17.2 Å². The summed E-state index contributed by atoms with van der Waals surface area (Å²) in [5, 5.41) is 0. The van der Waals surface area contributed by atoms with Gasteiger partial charge in [0.1, 0.15) is 0 Å². The summed E-state index contributed by atoms with van der Waals surface area (Å²) < 4.78 is 45.6. The monoisotopic (exact) mass is 185 g/mol. The lowest BCUT2D eigenvalue weighted by molar-refractivity contribution is 0.0677. The summed E-state index contributed by atoms with van der Waals surface area (Å²) in [5.41, 5.74) is 3.36. The molecule has 0 saturated carbocycles. The van der Waals surface area contributed by atoms with Crippen LogP contribution in [-0.4, -0.2) is 31.9 Å². The molecular weight excluding hydrogens is 176 g/mol. The van der Waals surface area contributed by atoms with E-state index in [9.17, 15) is 17.2 Å². The SMILES string of the molecule is NC1(C(F)F)CCS(=O)(=O)C1. The molecule has 0 aromatic carbocycles. The summed E-state index contributed by atoms with van der Waals surface area (Å²) in [6, 6.07) is 0. The Morgan fingerprint density at radius 3 is 2.18 bits per heavy atom. The zero-order valence-electron chi connectivity index (χ0n) is 5.76. The van der Waals surface area contributed by atoms with Gasteiger partial charge < -0.3 is 5.73 Å². The van der Waals surface area contributed by atoms with Crippen molar-refractivity contribution in [1.82, 2.24) is 0 Å². The molecule has 3 nitrogen and oxygen atoms in total. The van der Waals surface area contributed by atoms with E-state index in [4.69, 9.17) is 5.73 Å². The Balaban J connectivity index is 2.82. The van der Waals surface area contributed by atoms with Crippen molar-refractivity contribution in [1.29, 1.82) is 0 Å². The molecule has 66 valence electrons. The molecule has 1 atom stereocenters. The molecule has 1 aliphatic heterocycles. The van der Waals surface area contributed by atoms with E-state index < -0.39 is 27.6 Å². The summed E-state index contributed by atoms with van der Waals surface area (Å²) >= 11 is 0. The molecule has 0 aliphatic carbocycles. The number of hydrogen-bond acceptors (Lipinski definition) is 3. The van der Waals surface area contributed by atoms with E-state index in [1.807, 2.05) is 0 Å². The number of sulfone groups is 1. The minimum atomic E-state index is -3.30. The minimum Gasteiger partial charge on any atom is -0.320 e. The first-order chi connectivity index (χ1) is 4.86. The molecule has 1 unspecified atom stereocenters. The molecule has 6 heteroatoms. The zero-order valence-corrected chi connectivity index (χ0v) is 6.57. The second-order valence-electron chi connectivity index (χ2n) is 2.88. The second kappa shape index (κ2) is 2.38. The van der Waals surface area contributed by atoms with E-state index in [1.165, 1.54) is 0 Å². The largest absolute Gasteiger partial charge is 0.320 e. The van der Waals surface area contributed by atoms with Crippen LogP contribution in [0.4, 0.5) is 8.78 Å². The highest BCUT2D eigenvalue weighted by Crippen LogP contribution is 2.26. The summed E-state index contributed by atoms with van der Waals surface area (Å²) in [5.74, 6) is -0.800. The third-order valence-corrected chi connectivity index (χ3v) is 3.61. The topological polar surface area (TPSA) is 60.2 Å². The van der Waals surface area contributed by atoms with Gasteiger partial charge in [-0.2, -0.15) is 0 Å². The second-order valence-corrected chi connectivity index (χ2v) is 5.06. The highest BCUT2D eigenvalue weighted by molar-refractivity contribution is 7.91. The molecule has 1 heterocycles. The van der Waals surface area contributed by atoms with Gasteiger partial charge in [-0.05, 0) is 6.42 Å². The molecule has 1 fully saturated rings. The lowest BCUT2D eigenvalue weighted by atomic mass is 10.0. The van der Waals surface area contributed by atoms with Gasteiger partial charge in [0.25, 0.3) is 6.43 Å². The van der Waals surface area contributed by atoms with Crippen LogP contribution < -0.4 is 5.73 Å². The van der Waals surface area contributed by atoms with Crippen molar-refractivity contribution in [3.05, 3.63) is 0 Å². The van der Waals surface area contributed by atoms with Crippen molar-refractivity contribution in [2.75, 3.05) is 11.5 Å². The molecule has 0 aromatic heterocycles. The molecule has 1 saturated heterocycles. The first-order valence-corrected chi connectivity index (χ1v) is 4.95. The number of hydrogen-bond donors (Lipinski definition) is 1. The van der Waals surface area contributed by atoms with E-state index in [-0.39, 0.29) is 12.2 Å². The molecular formula is C5H9F2NO2S. The van der Waals surface area contributed by atoms with Crippen LogP contribution in [0.1, 0.15) is 6.42 Å². The molecule has 2 N–H and O–H groups in total. The lowest BCUT2D eigenvalue weighted by Crippen LogP contribution is -2.48. The van der Waals surface area contributed by atoms with E-state index in [2.05, 4.69) is 0 Å². The summed E-state index contributed by atoms with van der Waals surface area (Å²) in [6.07, 6.45) is -2.88. The Hall–Kier alpha value is -0.230. The van der Waals surface area contributed by atoms with Crippen LogP contribution in [0.25, 0.3) is 0 Å². The van der Waals surface area contributed by atoms with Crippen LogP contribution in [0.3, 0.4) is 0 Å². The van der Waals surface area contributed by atoms with Gasteiger partial charge in [-0.15, -0.1) is 0 Å². The van der Waals surface area contributed by atoms with Crippen LogP contribution in [0.15, 0.2) is 0 Å². The third-order valence-electron chi connectivity index (χ3n) is 1.80. The van der Waals surface area contributed by atoms with Gasteiger partial charge in [0.2, 0.25) is 0 Å². The van der Waals surface area contributed by atoms with Gasteiger partial charge in [0.05, 0.1) is 17.0 Å². The first kappa shape index (κ1) is 8.86. The zero-order chi connectivity index (χ0) is 8.70. The van der Waals surface area contributed by atoms with Crippen molar-refractivity contribution in [2.24, 2.45) is 5.73 Å². The molecule has 0 amide bonds. The van der Waals surface area contributed by atoms with Gasteiger partial charge in [-0.3, -0.25) is 0 Å². The van der Waals surface area contributed by atoms with Crippen LogP contribution in [-0.2, 0) is 9.84 Å². The predicted molar refractivity (Wildman–Crippen MR) is 36.2 cm³/mol. The first-order valence-electron chi connectivity index (χ1n) is 3.13. The van der Waals surface area contributed by atoms with E-state index >= 15 is 0 Å². The highest BCUT2D eigenvalue weighted by atomic mass is 32.2. The van der Waals surface area contributed by atoms with Crippen molar-refractivity contribution < 1.29 is 17.2 Å². The standard InChI is InChI=1S/C5H9F2NO2S/c6-4(7)5(8)1-2-11(9,10)3-5/h4H,1-3,8H2. The molecule has 1 rings (SSSR count). The fourth-order valence-electron chi connectivity index (χ4n) is 1.07. The molecule has 11 heavy (non-hydrogen) atoms. The average Bonchev–Trinajstić information content (AvgIpc) is 2.08. The molecule has 0 radical (unpaired) electrons. The van der Waals surface area contributed by atoms with Crippen LogP contribution in [0.5, 0.6) is 0 Å². The van der Waals surface area contributed by atoms with Gasteiger partial charge in [0.15, 0.2) is 9.84 Å². The average molecular weight is 185 g/mol. The van der Waals surface area contributed by atoms with Crippen LogP contribution in [0, 0.1) is 0 Å². The Labute approximate surface area is 63.5 Å². The summed E-state index contributed by atoms with van der Waals surface area (Å²) in [6.45, 7) is 0. The fourth-order valence-corrected chi connectivity index (χ4v) is 3.00. The smallest absolute Gasteiger partial charge is 0.257 e. The molecule has 1 aliphatic rings. The molecule has 0 bridgehead atoms. The Morgan fingerprint density at radius 2 is 2.00 bits per heavy atom. The lowest BCUT2D eigenvalue weighted by Gasteiger charge is -2.19. The van der Waals surface area contributed by atoms with E-state index in [0.717, 1.165) is 0 Å². The van der Waals surface area contributed by atoms with Crippen molar-refractivity contribution in [2.45, 2.75) is 18.4 Å². The number of halogens is 2. The van der Waals surface area contributed by atoms with Crippen LogP contribution >= 0.6 is 0 Å². The predicted octanol–water partition coefficient (Wildman–Crippen LogP) is -0.232. The molecule has 0 aromatic rings. The normalized spacial score (nSPS) is 36.4. The van der Waals surface area contributed by atoms with Crippen molar-refractivity contribution in [3.63, 3.8) is 0 Å². The maximum atomic E-state index is 12.1. The van der Waals surface area contributed by atoms with Crippen molar-refractivity contribution in [3.8, 4) is 0 Å². The summed E-state index contributed by atoms with van der Waals surface area (Å²) in [7, 11) is -3.30. The number of alkyl halides is 2. The van der Waals surface area contributed by atoms with Crippen LogP contribution in [0.2, 0.25) is 0 Å². The molecule has 0 spiro atoms. The van der Waals surface area contributed by atoms with E-state index in [0.29, 0.717) is 0 Å². The fraction of sp³-hybridized carbons (Fsp3) is 1.00. The van der Waals surface area contributed by atoms with Gasteiger partial charge >= 0.3 is 0 Å². The summed E-state index contributed by atoms with van der Waals surface area (Å²) in [4.78, 5) is 0. The maximum Gasteiger partial charge on any atom is 0.257 e.